The van der Waals surface area contributed by atoms with Crippen molar-refractivity contribution in [1.29, 1.82) is 0 Å². The van der Waals surface area contributed by atoms with Gasteiger partial charge in [0.15, 0.2) is 0 Å². The monoisotopic (exact) mass is 295 g/mol. The van der Waals surface area contributed by atoms with E-state index >= 15 is 0 Å². The highest BCUT2D eigenvalue weighted by Crippen LogP contribution is 2.19. The van der Waals surface area contributed by atoms with Gasteiger partial charge in [0.2, 0.25) is 11.8 Å². The summed E-state index contributed by atoms with van der Waals surface area (Å²) in [7, 11) is 2.14. The van der Waals surface area contributed by atoms with E-state index in [2.05, 4.69) is 31.1 Å². The number of amides is 2. The Morgan fingerprint density at radius 1 is 1.29 bits per heavy atom. The van der Waals surface area contributed by atoms with Crippen LogP contribution >= 0.6 is 0 Å². The van der Waals surface area contributed by atoms with Crippen LogP contribution in [-0.2, 0) is 9.59 Å². The standard InChI is InChI=1S/C16H29N3O2/c1-12(2)9-14-16(21)19(8-6-15(20)17-14)11-13-5-4-7-18(3)10-13/h12-14H,4-11H2,1-3H3,(H,17,20). The lowest BCUT2D eigenvalue weighted by Gasteiger charge is -2.34. The second kappa shape index (κ2) is 7.25. The van der Waals surface area contributed by atoms with E-state index in [9.17, 15) is 9.59 Å². The summed E-state index contributed by atoms with van der Waals surface area (Å²) in [5.41, 5.74) is 0. The zero-order valence-electron chi connectivity index (χ0n) is 13.6. The van der Waals surface area contributed by atoms with Gasteiger partial charge in [-0.2, -0.15) is 0 Å². The Labute approximate surface area is 128 Å². The van der Waals surface area contributed by atoms with Gasteiger partial charge in [-0.25, -0.2) is 0 Å². The van der Waals surface area contributed by atoms with Crippen molar-refractivity contribution in [1.82, 2.24) is 15.1 Å². The predicted octanol–water partition coefficient (Wildman–Crippen LogP) is 1.09. The smallest absolute Gasteiger partial charge is 0.245 e. The molecule has 2 amide bonds. The molecule has 120 valence electrons. The molecule has 2 unspecified atom stereocenters. The SMILES string of the molecule is CC(C)CC1NC(=O)CCN(CC2CCCN(C)C2)C1=O. The van der Waals surface area contributed by atoms with E-state index in [1.165, 1.54) is 12.8 Å². The van der Waals surface area contributed by atoms with Gasteiger partial charge in [0, 0.05) is 26.1 Å². The Bertz CT molecular complexity index is 384. The Kier molecular flexibility index (Phi) is 5.62. The summed E-state index contributed by atoms with van der Waals surface area (Å²) >= 11 is 0. The first-order chi connectivity index (χ1) is 9.95. The molecule has 21 heavy (non-hydrogen) atoms. The lowest BCUT2D eigenvalue weighted by Crippen LogP contribution is -2.48. The second-order valence-electron chi connectivity index (χ2n) is 7.05. The highest BCUT2D eigenvalue weighted by molar-refractivity contribution is 5.89. The van der Waals surface area contributed by atoms with Crippen LogP contribution in [0.1, 0.15) is 39.5 Å². The van der Waals surface area contributed by atoms with E-state index in [1.54, 1.807) is 0 Å². The summed E-state index contributed by atoms with van der Waals surface area (Å²) in [4.78, 5) is 28.8. The van der Waals surface area contributed by atoms with Gasteiger partial charge in [0.05, 0.1) is 0 Å². The number of nitrogens with zero attached hydrogens (tertiary/aromatic N) is 2. The molecule has 2 heterocycles. The first kappa shape index (κ1) is 16.3. The van der Waals surface area contributed by atoms with Gasteiger partial charge in [0.25, 0.3) is 0 Å². The van der Waals surface area contributed by atoms with E-state index in [-0.39, 0.29) is 17.9 Å². The first-order valence-corrected chi connectivity index (χ1v) is 8.22. The van der Waals surface area contributed by atoms with E-state index in [0.717, 1.165) is 26.1 Å². The zero-order valence-corrected chi connectivity index (χ0v) is 13.6. The molecule has 0 radical (unpaired) electrons. The van der Waals surface area contributed by atoms with Crippen LogP contribution in [0.3, 0.4) is 0 Å². The number of piperidine rings is 1. The Morgan fingerprint density at radius 2 is 2.05 bits per heavy atom. The fourth-order valence-corrected chi connectivity index (χ4v) is 3.44. The molecule has 0 aromatic rings. The number of hydrogen-bond donors (Lipinski definition) is 1. The molecule has 0 aromatic carbocycles. The molecule has 0 aromatic heterocycles. The van der Waals surface area contributed by atoms with Crippen LogP contribution in [-0.4, -0.2) is 60.9 Å². The zero-order chi connectivity index (χ0) is 15.4. The van der Waals surface area contributed by atoms with E-state index in [1.807, 2.05) is 4.90 Å². The summed E-state index contributed by atoms with van der Waals surface area (Å²) in [5, 5.41) is 2.90. The molecular weight excluding hydrogens is 266 g/mol. The van der Waals surface area contributed by atoms with Gasteiger partial charge in [-0.15, -0.1) is 0 Å². The van der Waals surface area contributed by atoms with Gasteiger partial charge in [-0.05, 0) is 44.7 Å². The molecule has 2 aliphatic heterocycles. The van der Waals surface area contributed by atoms with Crippen molar-refractivity contribution in [3.8, 4) is 0 Å². The van der Waals surface area contributed by atoms with Crippen LogP contribution < -0.4 is 5.32 Å². The third kappa shape index (κ3) is 4.70. The van der Waals surface area contributed by atoms with Crippen molar-refractivity contribution in [2.24, 2.45) is 11.8 Å². The van der Waals surface area contributed by atoms with Crippen molar-refractivity contribution >= 4 is 11.8 Å². The van der Waals surface area contributed by atoms with Crippen molar-refractivity contribution in [2.75, 3.05) is 33.2 Å². The van der Waals surface area contributed by atoms with Crippen LogP contribution in [0.4, 0.5) is 0 Å². The third-order valence-corrected chi connectivity index (χ3v) is 4.46. The number of rotatable bonds is 4. The number of hydrogen-bond acceptors (Lipinski definition) is 3. The lowest BCUT2D eigenvalue weighted by molar-refractivity contribution is -0.134. The molecule has 1 N–H and O–H groups in total. The van der Waals surface area contributed by atoms with Gasteiger partial charge < -0.3 is 15.1 Å². The van der Waals surface area contributed by atoms with Crippen LogP contribution in [0.2, 0.25) is 0 Å². The maximum atomic E-state index is 12.7. The predicted molar refractivity (Wildman–Crippen MR) is 82.8 cm³/mol. The van der Waals surface area contributed by atoms with Gasteiger partial charge in [-0.1, -0.05) is 13.8 Å². The fraction of sp³-hybridized carbons (Fsp3) is 0.875. The maximum absolute atomic E-state index is 12.7. The van der Waals surface area contributed by atoms with Gasteiger partial charge in [-0.3, -0.25) is 9.59 Å². The highest BCUT2D eigenvalue weighted by atomic mass is 16.2. The van der Waals surface area contributed by atoms with E-state index < -0.39 is 0 Å². The normalized spacial score (nSPS) is 28.7. The third-order valence-electron chi connectivity index (χ3n) is 4.46. The van der Waals surface area contributed by atoms with Crippen LogP contribution in [0.25, 0.3) is 0 Å². The fourth-order valence-electron chi connectivity index (χ4n) is 3.44. The molecule has 2 fully saturated rings. The molecule has 0 saturated carbocycles. The van der Waals surface area contributed by atoms with Crippen LogP contribution in [0.5, 0.6) is 0 Å². The molecule has 2 rings (SSSR count). The maximum Gasteiger partial charge on any atom is 0.245 e. The molecule has 0 spiro atoms. The number of carbonyl (C=O) groups is 2. The second-order valence-corrected chi connectivity index (χ2v) is 7.05. The van der Waals surface area contributed by atoms with Crippen molar-refractivity contribution in [2.45, 2.75) is 45.6 Å². The van der Waals surface area contributed by atoms with Crippen LogP contribution in [0.15, 0.2) is 0 Å². The molecule has 0 aliphatic carbocycles. The topological polar surface area (TPSA) is 52.7 Å². The minimum atomic E-state index is -0.332. The lowest BCUT2D eigenvalue weighted by atomic mass is 9.97. The van der Waals surface area contributed by atoms with Gasteiger partial charge in [0.1, 0.15) is 6.04 Å². The molecule has 2 aliphatic rings. The summed E-state index contributed by atoms with van der Waals surface area (Å²) in [5.74, 6) is 1.07. The highest BCUT2D eigenvalue weighted by Gasteiger charge is 2.32. The van der Waals surface area contributed by atoms with Crippen molar-refractivity contribution < 1.29 is 9.59 Å². The molecule has 2 atom stereocenters. The average Bonchev–Trinajstić information content (AvgIpc) is 2.52. The summed E-state index contributed by atoms with van der Waals surface area (Å²) in [6.45, 7) is 7.75. The molecule has 5 heteroatoms. The Morgan fingerprint density at radius 3 is 2.71 bits per heavy atom. The van der Waals surface area contributed by atoms with Crippen LogP contribution in [0, 0.1) is 11.8 Å². The van der Waals surface area contributed by atoms with Gasteiger partial charge >= 0.3 is 0 Å². The van der Waals surface area contributed by atoms with Crippen molar-refractivity contribution in [3.05, 3.63) is 0 Å². The van der Waals surface area contributed by atoms with E-state index in [0.29, 0.717) is 24.8 Å². The minimum Gasteiger partial charge on any atom is -0.344 e. The molecule has 0 bridgehead atoms. The number of nitrogens with one attached hydrogen (secondary N) is 1. The number of carbonyl (C=O) groups excluding carboxylic acids is 2. The minimum absolute atomic E-state index is 0.0114. The largest absolute Gasteiger partial charge is 0.344 e. The Hall–Kier alpha value is -1.10. The number of likely N-dealkylation sites (tertiary alicyclic amines) is 1. The average molecular weight is 295 g/mol. The quantitative estimate of drug-likeness (QED) is 0.845. The summed E-state index contributed by atoms with van der Waals surface area (Å²) in [6, 6.07) is -0.332. The molecule has 2 saturated heterocycles. The molecule has 5 nitrogen and oxygen atoms in total. The first-order valence-electron chi connectivity index (χ1n) is 8.22. The summed E-state index contributed by atoms with van der Waals surface area (Å²) in [6.07, 6.45) is 3.55. The summed E-state index contributed by atoms with van der Waals surface area (Å²) < 4.78 is 0. The van der Waals surface area contributed by atoms with Crippen molar-refractivity contribution in [3.63, 3.8) is 0 Å². The van der Waals surface area contributed by atoms with E-state index in [4.69, 9.17) is 0 Å². The molecular formula is C16H29N3O2. The Balaban J connectivity index is 1.99.